The van der Waals surface area contributed by atoms with E-state index < -0.39 is 0 Å². The number of pyridine rings is 1. The Hall–Kier alpha value is -12.1. The van der Waals surface area contributed by atoms with Crippen molar-refractivity contribution in [2.75, 3.05) is 22.9 Å². The summed E-state index contributed by atoms with van der Waals surface area (Å²) in [6, 6.07) is 11.7. The summed E-state index contributed by atoms with van der Waals surface area (Å²) in [6.07, 6.45) is 19.3. The van der Waals surface area contributed by atoms with E-state index in [1.54, 1.807) is 35.3 Å². The molecule has 0 spiro atoms. The Morgan fingerprint density at radius 1 is 0.315 bits per heavy atom. The molecule has 0 bridgehead atoms. The standard InChI is InChI=1S/C12H18N4.C12H17N3S.2C12H17N3.C12H16N2S.2C11H18N2.C10H17N3.C9H16N2.2C8H14N2O/c1-7(2)10-9-5-6-16(8(3)4)11(9)15-12(13)14-10;1-6(2)8-5-16-11-9(7(3)4)14-12(13)15-10(8)11;1-8(2)10-7-14-12-11(9(3)4)13-5-6-15(10)12;1-8(2)11-10-5-6-15(9(3)4)12(10)14-7-13-11;1-7(2)9-5-15-12-10(8(3)4)13-6-14-11(9)12;1-7(2)10-6-11(8(3)4)13-9(5)12-10;1-7(2)9-5-10(12)11(8(3)4)13-6-9;1-6(2)8-5-9(7(3)4)13-10(11)12-8;1-7(2)9-5-10-11(6-9)8(3)4;1-5(2)7-9-10-8(11-7)6(3)4;1-5(2)7-9-8(6(3)4)11-10-7/h5-8H,1-4H3,(H2,13,14,15);5-7H,1-4H3,(H2,13,14,15);2*5-9H,1-4H3;5-8H,1-4H3;6-8H,1-5H3;5-8H,12H2,1-4H3;5-7H,1-4H3,(H2,11,12,13);5-8H,1-4H3;2*5-6H,1-4H3. The highest BCUT2D eigenvalue weighted by Gasteiger charge is 2.23. The Morgan fingerprint density at radius 3 is 1.17 bits per heavy atom. The molecule has 16 heterocycles. The summed E-state index contributed by atoms with van der Waals surface area (Å²) >= 11 is 3.50. The maximum absolute atomic E-state index is 5.90. The number of anilines is 4. The molecule has 0 unspecified atom stereocenters. The lowest BCUT2D eigenvalue weighted by atomic mass is 10.0. The number of aromatic nitrogens is 24. The molecule has 0 saturated carbocycles. The maximum Gasteiger partial charge on any atom is 0.229 e. The highest BCUT2D eigenvalue weighted by molar-refractivity contribution is 7.17. The van der Waals surface area contributed by atoms with Crippen LogP contribution in [0.3, 0.4) is 0 Å². The Morgan fingerprint density at radius 2 is 0.758 bits per heavy atom. The zero-order valence-electron chi connectivity index (χ0n) is 98.7. The molecule has 16 rings (SSSR count). The van der Waals surface area contributed by atoms with Crippen LogP contribution in [0.25, 0.3) is 48.1 Å². The van der Waals surface area contributed by atoms with E-state index in [4.69, 9.17) is 31.9 Å². The second kappa shape index (κ2) is 58.4. The fraction of sp³-hybridized carbons (Fsp3) is 0.573. The molecule has 0 saturated heterocycles. The molecule has 0 aliphatic carbocycles. The molecular formula is C117H182N28O2S2. The molecule has 16 aromatic heterocycles. The van der Waals surface area contributed by atoms with Crippen molar-refractivity contribution in [2.24, 2.45) is 0 Å². The van der Waals surface area contributed by atoms with Gasteiger partial charge < -0.3 is 45.4 Å². The van der Waals surface area contributed by atoms with Gasteiger partial charge in [0, 0.05) is 124 Å². The van der Waals surface area contributed by atoms with E-state index in [0.717, 1.165) is 120 Å². The molecule has 0 radical (unpaired) electrons. The first-order chi connectivity index (χ1) is 69.7. The third-order valence-electron chi connectivity index (χ3n) is 24.2. The van der Waals surface area contributed by atoms with E-state index in [9.17, 15) is 0 Å². The second-order valence-electron chi connectivity index (χ2n) is 44.8. The first-order valence-electron chi connectivity index (χ1n) is 53.7. The molecule has 0 amide bonds. The quantitative estimate of drug-likeness (QED) is 0.0489. The summed E-state index contributed by atoms with van der Waals surface area (Å²) in [6.45, 7) is 95.7. The summed E-state index contributed by atoms with van der Waals surface area (Å²) in [5, 5.41) is 22.6. The third-order valence-corrected chi connectivity index (χ3v) is 26.2. The van der Waals surface area contributed by atoms with Gasteiger partial charge in [0.2, 0.25) is 35.5 Å². The van der Waals surface area contributed by atoms with E-state index in [2.05, 4.69) is 424 Å². The Labute approximate surface area is 898 Å². The van der Waals surface area contributed by atoms with Crippen LogP contribution in [0.15, 0.2) is 112 Å². The monoisotopic (exact) mass is 2080 g/mol. The lowest BCUT2D eigenvalue weighted by Crippen LogP contribution is -2.05. The van der Waals surface area contributed by atoms with Crippen molar-refractivity contribution in [1.82, 2.24) is 118 Å². The van der Waals surface area contributed by atoms with E-state index in [-0.39, 0.29) is 0 Å². The fourth-order valence-corrected chi connectivity index (χ4v) is 17.7. The predicted molar refractivity (Wildman–Crippen MR) is 623 cm³/mol. The van der Waals surface area contributed by atoms with Gasteiger partial charge in [0.25, 0.3) is 0 Å². The Bertz CT molecular complexity index is 6100. The van der Waals surface area contributed by atoms with Crippen molar-refractivity contribution in [3.63, 3.8) is 0 Å². The minimum atomic E-state index is 0.329. The van der Waals surface area contributed by atoms with Crippen molar-refractivity contribution in [2.45, 2.75) is 442 Å². The molecule has 0 atom stereocenters. The number of thiophene rings is 2. The summed E-state index contributed by atoms with van der Waals surface area (Å²) in [4.78, 5) is 69.5. The van der Waals surface area contributed by atoms with Crippen LogP contribution >= 0.6 is 22.7 Å². The highest BCUT2D eigenvalue weighted by Crippen LogP contribution is 2.38. The number of nitrogen functional groups attached to an aromatic ring is 4. The second-order valence-corrected chi connectivity index (χ2v) is 46.6. The summed E-state index contributed by atoms with van der Waals surface area (Å²) in [5.41, 5.74) is 46.3. The van der Waals surface area contributed by atoms with E-state index in [1.807, 2.05) is 96.3 Å². The van der Waals surface area contributed by atoms with Gasteiger partial charge in [-0.25, -0.2) is 59.8 Å². The van der Waals surface area contributed by atoms with Crippen LogP contribution in [0.5, 0.6) is 0 Å². The largest absolute Gasteiger partial charge is 0.425 e. The number of nitrogens with two attached hydrogens (primary N) is 4. The van der Waals surface area contributed by atoms with Crippen molar-refractivity contribution >= 4 is 94.4 Å². The highest BCUT2D eigenvalue weighted by atomic mass is 32.1. The van der Waals surface area contributed by atoms with E-state index >= 15 is 0 Å². The molecule has 149 heavy (non-hydrogen) atoms. The maximum atomic E-state index is 5.90. The molecule has 16 aromatic rings. The van der Waals surface area contributed by atoms with Crippen molar-refractivity contribution in [3.05, 3.63) is 218 Å². The molecule has 0 fully saturated rings. The van der Waals surface area contributed by atoms with Gasteiger partial charge in [-0.05, 0) is 201 Å². The summed E-state index contributed by atoms with van der Waals surface area (Å²) < 4.78 is 21.3. The van der Waals surface area contributed by atoms with Crippen LogP contribution in [0.1, 0.15) is 549 Å². The fourth-order valence-electron chi connectivity index (χ4n) is 15.0. The van der Waals surface area contributed by atoms with Crippen molar-refractivity contribution in [1.29, 1.82) is 0 Å². The first kappa shape index (κ1) is 126. The zero-order valence-corrected chi connectivity index (χ0v) is 100. The first-order valence-corrected chi connectivity index (χ1v) is 55.4. The van der Waals surface area contributed by atoms with Crippen LogP contribution in [0.4, 0.5) is 23.5 Å². The van der Waals surface area contributed by atoms with Gasteiger partial charge >= 0.3 is 0 Å². The van der Waals surface area contributed by atoms with Gasteiger partial charge in [0.1, 0.15) is 29.8 Å². The Kier molecular flexibility index (Phi) is 49.2. The number of imidazole rings is 1. The lowest BCUT2D eigenvalue weighted by Gasteiger charge is -2.11. The Balaban J connectivity index is 0.000000251. The van der Waals surface area contributed by atoms with Crippen LogP contribution < -0.4 is 22.9 Å². The van der Waals surface area contributed by atoms with Crippen LogP contribution in [-0.4, -0.2) is 118 Å². The van der Waals surface area contributed by atoms with Crippen molar-refractivity contribution in [3.8, 4) is 0 Å². The molecule has 0 aliphatic heterocycles. The van der Waals surface area contributed by atoms with Gasteiger partial charge in [-0.15, -0.1) is 32.9 Å². The molecule has 0 aromatic carbocycles. The molecule has 814 valence electrons. The minimum absolute atomic E-state index is 0.329. The lowest BCUT2D eigenvalue weighted by molar-refractivity contribution is 0.359. The van der Waals surface area contributed by atoms with Crippen LogP contribution in [0.2, 0.25) is 0 Å². The minimum Gasteiger partial charge on any atom is -0.425 e. The molecule has 30 nitrogen and oxygen atoms in total. The van der Waals surface area contributed by atoms with Crippen LogP contribution in [0, 0.1) is 6.92 Å². The molecule has 32 heteroatoms. The van der Waals surface area contributed by atoms with Gasteiger partial charge in [-0.1, -0.05) is 268 Å². The summed E-state index contributed by atoms with van der Waals surface area (Å²) in [7, 11) is 0. The third kappa shape index (κ3) is 36.4. The predicted octanol–water partition coefficient (Wildman–Crippen LogP) is 31.8. The SMILES string of the molecule is CC(C)c1cc(C(C)C)nc(N)n1.CC(C)c1cnc(C(C)C)c(N)c1.CC(C)c1cnn(C(C)C)c1.CC(C)c1csc2c(C(C)C)nc(N)nc12.CC(C)c1csc2c(C(C)C)ncnc12.CC(C)c1nc(N)nc2c1ccn2C(C)C.CC(C)c1nccn2c(C(C)C)cnc12.CC(C)c1ncnc2c1ccn2C(C)C.CC(C)c1nnc(C(C)C)o1.CC(C)c1noc(C(C)C)n1.Cc1nc(C(C)C)cc(C(C)C)n1. The van der Waals surface area contributed by atoms with E-state index in [1.165, 1.54) is 48.4 Å². The van der Waals surface area contributed by atoms with Gasteiger partial charge in [0.15, 0.2) is 11.5 Å². The average molecular weight is 2080 g/mol. The topological polar surface area (TPSA) is 407 Å². The number of nitrogens with zero attached hydrogens (tertiary/aromatic N) is 24. The van der Waals surface area contributed by atoms with Gasteiger partial charge in [0.05, 0.1) is 66.5 Å². The number of hydrogen-bond acceptors (Lipinski definition) is 28. The smallest absolute Gasteiger partial charge is 0.229 e. The molecule has 8 N–H and O–H groups in total. The van der Waals surface area contributed by atoms with Crippen LogP contribution in [-0.2, 0) is 0 Å². The van der Waals surface area contributed by atoms with E-state index in [0.29, 0.717) is 148 Å². The molecule has 0 aliphatic rings. The number of aryl methyl sites for hydroxylation is 1. The normalized spacial score (nSPS) is 11.6. The summed E-state index contributed by atoms with van der Waals surface area (Å²) in [5.74, 6) is 13.2. The van der Waals surface area contributed by atoms with Gasteiger partial charge in [-0.3, -0.25) is 14.6 Å². The average Bonchev–Trinajstić information content (AvgIpc) is 1.67. The van der Waals surface area contributed by atoms with Gasteiger partial charge in [-0.2, -0.15) is 15.1 Å². The van der Waals surface area contributed by atoms with Crippen molar-refractivity contribution < 1.29 is 8.94 Å². The number of rotatable bonds is 22. The number of hydrogen-bond donors (Lipinski definition) is 4. The number of fused-ring (bicyclic) bond motifs is 5. The molecular weight excluding hydrogens is 1890 g/mol. The zero-order chi connectivity index (χ0) is 112.